The van der Waals surface area contributed by atoms with Gasteiger partial charge in [-0.05, 0) is 31.2 Å². The number of carbonyl (C=O) groups excluding carboxylic acids is 1. The van der Waals surface area contributed by atoms with Crippen molar-refractivity contribution in [2.24, 2.45) is 0 Å². The number of carbonyl (C=O) groups is 1. The summed E-state index contributed by atoms with van der Waals surface area (Å²) in [4.78, 5) is 13.6. The Morgan fingerprint density at radius 3 is 2.75 bits per heavy atom. The molecule has 1 heterocycles. The van der Waals surface area contributed by atoms with E-state index in [2.05, 4.69) is 22.4 Å². The molecule has 1 N–H and O–H groups in total. The molecule has 3 nitrogen and oxygen atoms in total. The smallest absolute Gasteiger partial charge is 0.310 e. The first kappa shape index (κ1) is 15.9. The largest absolute Gasteiger partial charge is 0.469 e. The Kier molecular flexibility index (Phi) is 5.93. The van der Waals surface area contributed by atoms with Crippen LogP contribution in [0.4, 0.5) is 0 Å². The first-order chi connectivity index (χ1) is 9.67. The molecule has 2 rings (SSSR count). The Morgan fingerprint density at radius 2 is 2.10 bits per heavy atom. The Bertz CT molecular complexity index is 439. The fourth-order valence-electron chi connectivity index (χ4n) is 2.71. The number of rotatable bonds is 7. The maximum atomic E-state index is 11.2. The van der Waals surface area contributed by atoms with Crippen LogP contribution in [0.25, 0.3) is 0 Å². The molecule has 0 spiro atoms. The second-order valence-electron chi connectivity index (χ2n) is 5.32. The summed E-state index contributed by atoms with van der Waals surface area (Å²) in [5.41, 5.74) is 0. The molecule has 1 saturated carbocycles. The molecule has 0 atom stereocenters. The predicted molar refractivity (Wildman–Crippen MR) is 86.5 cm³/mol. The summed E-state index contributed by atoms with van der Waals surface area (Å²) in [6.45, 7) is 1.98. The highest BCUT2D eigenvalue weighted by atomic mass is 32.2. The Morgan fingerprint density at radius 1 is 1.40 bits per heavy atom. The number of methoxy groups -OCH3 is 1. The number of hydrogen-bond donors (Lipinski definition) is 1. The maximum absolute atomic E-state index is 11.2. The van der Waals surface area contributed by atoms with Crippen LogP contribution in [0.1, 0.15) is 35.4 Å². The Labute approximate surface area is 129 Å². The summed E-state index contributed by atoms with van der Waals surface area (Å²) < 4.78 is 5.14. The quantitative estimate of drug-likeness (QED) is 0.784. The molecule has 5 heteroatoms. The third kappa shape index (κ3) is 4.24. The average molecular weight is 313 g/mol. The molecule has 20 heavy (non-hydrogen) atoms. The van der Waals surface area contributed by atoms with Crippen molar-refractivity contribution in [1.29, 1.82) is 0 Å². The van der Waals surface area contributed by atoms with E-state index in [1.165, 1.54) is 37.7 Å². The van der Waals surface area contributed by atoms with E-state index in [4.69, 9.17) is 0 Å². The number of nitrogens with one attached hydrogen (secondary N) is 1. The van der Waals surface area contributed by atoms with E-state index in [0.29, 0.717) is 11.2 Å². The number of thiophene rings is 1. The van der Waals surface area contributed by atoms with Crippen LogP contribution in [0.3, 0.4) is 0 Å². The average Bonchev–Trinajstić information content (AvgIpc) is 3.09. The van der Waals surface area contributed by atoms with Crippen LogP contribution in [-0.4, -0.2) is 30.6 Å². The minimum absolute atomic E-state index is 0.168. The van der Waals surface area contributed by atoms with Crippen molar-refractivity contribution >= 4 is 29.1 Å². The summed E-state index contributed by atoms with van der Waals surface area (Å²) >= 11 is 3.71. The fraction of sp³-hybridized carbons (Fsp3) is 0.667. The highest BCUT2D eigenvalue weighted by Gasteiger charge is 2.32. The van der Waals surface area contributed by atoms with Gasteiger partial charge in [0, 0.05) is 27.6 Å². The third-order valence-electron chi connectivity index (χ3n) is 3.96. The standard InChI is InChI=1S/C15H23NO2S2/c1-18-14(17)9-12-5-6-13(20-12)10-16-11-15(19-2)7-3-4-8-15/h5-6,16H,3-4,7-11H2,1-2H3. The summed E-state index contributed by atoms with van der Waals surface area (Å²) in [6.07, 6.45) is 8.01. The molecule has 0 bridgehead atoms. The van der Waals surface area contributed by atoms with Crippen LogP contribution >= 0.6 is 23.1 Å². The molecule has 112 valence electrons. The van der Waals surface area contributed by atoms with Gasteiger partial charge in [0.1, 0.15) is 0 Å². The summed E-state index contributed by atoms with van der Waals surface area (Å²) in [5, 5.41) is 3.59. The molecular formula is C15H23NO2S2. The van der Waals surface area contributed by atoms with E-state index in [-0.39, 0.29) is 5.97 Å². The zero-order chi connectivity index (χ0) is 14.4. The van der Waals surface area contributed by atoms with Gasteiger partial charge in [0.25, 0.3) is 0 Å². The first-order valence-electron chi connectivity index (χ1n) is 7.08. The lowest BCUT2D eigenvalue weighted by molar-refractivity contribution is -0.139. The second kappa shape index (κ2) is 7.48. The van der Waals surface area contributed by atoms with Gasteiger partial charge in [-0.15, -0.1) is 11.3 Å². The van der Waals surface area contributed by atoms with Gasteiger partial charge in [-0.25, -0.2) is 0 Å². The van der Waals surface area contributed by atoms with E-state index >= 15 is 0 Å². The van der Waals surface area contributed by atoms with Crippen molar-refractivity contribution in [3.63, 3.8) is 0 Å². The van der Waals surface area contributed by atoms with Crippen LogP contribution in [0.2, 0.25) is 0 Å². The highest BCUT2D eigenvalue weighted by Crippen LogP contribution is 2.39. The molecule has 0 radical (unpaired) electrons. The van der Waals surface area contributed by atoms with Crippen LogP contribution in [0.5, 0.6) is 0 Å². The predicted octanol–water partition coefficient (Wildman–Crippen LogP) is 3.23. The van der Waals surface area contributed by atoms with Crippen LogP contribution in [0, 0.1) is 0 Å². The lowest BCUT2D eigenvalue weighted by Gasteiger charge is -2.26. The van der Waals surface area contributed by atoms with Crippen LogP contribution in [0.15, 0.2) is 12.1 Å². The van der Waals surface area contributed by atoms with Crippen molar-refractivity contribution in [3.8, 4) is 0 Å². The van der Waals surface area contributed by atoms with E-state index in [1.807, 2.05) is 17.8 Å². The van der Waals surface area contributed by atoms with E-state index in [0.717, 1.165) is 18.0 Å². The van der Waals surface area contributed by atoms with Crippen LogP contribution < -0.4 is 5.32 Å². The monoisotopic (exact) mass is 313 g/mol. The summed E-state index contributed by atoms with van der Waals surface area (Å²) in [5.74, 6) is -0.168. The molecule has 1 aromatic rings. The summed E-state index contributed by atoms with van der Waals surface area (Å²) in [7, 11) is 1.43. The highest BCUT2D eigenvalue weighted by molar-refractivity contribution is 8.00. The van der Waals surface area contributed by atoms with Gasteiger partial charge < -0.3 is 10.1 Å². The molecule has 0 unspecified atom stereocenters. The van der Waals surface area contributed by atoms with Crippen LogP contribution in [-0.2, 0) is 22.5 Å². The molecule has 1 aliphatic rings. The molecule has 1 fully saturated rings. The van der Waals surface area contributed by atoms with Gasteiger partial charge in [-0.3, -0.25) is 4.79 Å². The molecule has 0 aliphatic heterocycles. The van der Waals surface area contributed by atoms with Gasteiger partial charge in [-0.1, -0.05) is 12.8 Å². The minimum atomic E-state index is -0.168. The topological polar surface area (TPSA) is 38.3 Å². The van der Waals surface area contributed by atoms with Crippen molar-refractivity contribution in [2.75, 3.05) is 19.9 Å². The van der Waals surface area contributed by atoms with Gasteiger partial charge in [0.2, 0.25) is 0 Å². The zero-order valence-corrected chi connectivity index (χ0v) is 13.9. The zero-order valence-electron chi connectivity index (χ0n) is 12.2. The molecule has 1 aromatic heterocycles. The van der Waals surface area contributed by atoms with E-state index in [1.54, 1.807) is 11.3 Å². The van der Waals surface area contributed by atoms with Crippen molar-refractivity contribution < 1.29 is 9.53 Å². The fourth-order valence-corrected chi connectivity index (χ4v) is 4.63. The van der Waals surface area contributed by atoms with Crippen molar-refractivity contribution in [3.05, 3.63) is 21.9 Å². The number of hydrogen-bond acceptors (Lipinski definition) is 5. The minimum Gasteiger partial charge on any atom is -0.469 e. The summed E-state index contributed by atoms with van der Waals surface area (Å²) in [6, 6.07) is 4.13. The first-order valence-corrected chi connectivity index (χ1v) is 9.12. The molecule has 0 saturated heterocycles. The van der Waals surface area contributed by atoms with Gasteiger partial charge in [0.15, 0.2) is 0 Å². The van der Waals surface area contributed by atoms with E-state index < -0.39 is 0 Å². The van der Waals surface area contributed by atoms with E-state index in [9.17, 15) is 4.79 Å². The Balaban J connectivity index is 1.78. The van der Waals surface area contributed by atoms with Gasteiger partial charge in [0.05, 0.1) is 13.5 Å². The van der Waals surface area contributed by atoms with Gasteiger partial charge >= 0.3 is 5.97 Å². The molecule has 0 aromatic carbocycles. The maximum Gasteiger partial charge on any atom is 0.310 e. The number of ether oxygens (including phenoxy) is 1. The normalized spacial score (nSPS) is 17.3. The lowest BCUT2D eigenvalue weighted by atomic mass is 10.1. The molecule has 0 amide bonds. The molecule has 1 aliphatic carbocycles. The Hall–Kier alpha value is -0.520. The van der Waals surface area contributed by atoms with Gasteiger partial charge in [-0.2, -0.15) is 11.8 Å². The number of esters is 1. The molecular weight excluding hydrogens is 290 g/mol. The van der Waals surface area contributed by atoms with Crippen molar-refractivity contribution in [1.82, 2.24) is 5.32 Å². The SMILES string of the molecule is COC(=O)Cc1ccc(CNCC2(SC)CCCC2)s1. The third-order valence-corrected chi connectivity index (χ3v) is 6.46. The van der Waals surface area contributed by atoms with Crippen molar-refractivity contribution in [2.45, 2.75) is 43.4 Å². The second-order valence-corrected chi connectivity index (χ2v) is 7.85. The lowest BCUT2D eigenvalue weighted by Crippen LogP contribution is -2.34. The number of thioether (sulfide) groups is 1.